The van der Waals surface area contributed by atoms with Gasteiger partial charge in [0.05, 0.1) is 6.61 Å². The van der Waals surface area contributed by atoms with Crippen LogP contribution in [0.5, 0.6) is 0 Å². The zero-order valence-electron chi connectivity index (χ0n) is 14.7. The largest absolute Gasteiger partial charge is 0.394 e. The van der Waals surface area contributed by atoms with Gasteiger partial charge in [-0.25, -0.2) is 0 Å². The van der Waals surface area contributed by atoms with Crippen molar-refractivity contribution >= 4 is 29.2 Å². The van der Waals surface area contributed by atoms with Gasteiger partial charge in [0.2, 0.25) is 5.95 Å². The van der Waals surface area contributed by atoms with Gasteiger partial charge in [-0.1, -0.05) is 30.3 Å². The summed E-state index contributed by atoms with van der Waals surface area (Å²) >= 11 is 6.23. The molecule has 0 saturated carbocycles. The van der Waals surface area contributed by atoms with Gasteiger partial charge in [-0.15, -0.1) is 0 Å². The third-order valence-corrected chi connectivity index (χ3v) is 5.39. The van der Waals surface area contributed by atoms with E-state index in [0.29, 0.717) is 0 Å². The highest BCUT2D eigenvalue weighted by molar-refractivity contribution is 6.27. The van der Waals surface area contributed by atoms with E-state index < -0.39 is 36.2 Å². The van der Waals surface area contributed by atoms with Crippen LogP contribution in [-0.4, -0.2) is 62.6 Å². The second-order valence-electron chi connectivity index (χ2n) is 6.84. The Morgan fingerprint density at radius 3 is 2.71 bits per heavy atom. The number of nitrogens with two attached hydrogens (primary N) is 1. The topological polar surface area (TPSA) is 148 Å². The first kappa shape index (κ1) is 19.0. The minimum absolute atomic E-state index is 0.0504. The first-order chi connectivity index (χ1) is 13.4. The van der Waals surface area contributed by atoms with Crippen LogP contribution in [-0.2, 0) is 11.2 Å². The molecule has 0 amide bonds. The molecule has 1 aromatic carbocycles. The molecule has 2 aromatic rings. The Morgan fingerprint density at radius 1 is 1.36 bits per heavy atom. The summed E-state index contributed by atoms with van der Waals surface area (Å²) in [6, 6.07) is 9.19. The van der Waals surface area contributed by atoms with E-state index in [4.69, 9.17) is 22.2 Å². The molecule has 0 radical (unpaired) electrons. The van der Waals surface area contributed by atoms with Gasteiger partial charge in [-0.2, -0.15) is 4.98 Å². The first-order valence-electron chi connectivity index (χ1n) is 8.67. The molecular formula is C17H20ClN5O5. The predicted molar refractivity (Wildman–Crippen MR) is 102 cm³/mol. The van der Waals surface area contributed by atoms with E-state index in [1.807, 2.05) is 30.3 Å². The zero-order valence-corrected chi connectivity index (χ0v) is 15.5. The van der Waals surface area contributed by atoms with Gasteiger partial charge < -0.3 is 30.7 Å². The van der Waals surface area contributed by atoms with Crippen molar-refractivity contribution in [2.24, 2.45) is 0 Å². The van der Waals surface area contributed by atoms with Crippen LogP contribution in [0.4, 0.5) is 17.5 Å². The molecule has 1 fully saturated rings. The summed E-state index contributed by atoms with van der Waals surface area (Å²) in [6.07, 6.45) is -3.64. The average Bonchev–Trinajstić information content (AvgIpc) is 3.12. The van der Waals surface area contributed by atoms with Gasteiger partial charge in [0.1, 0.15) is 25.0 Å². The van der Waals surface area contributed by atoms with E-state index in [-0.39, 0.29) is 30.5 Å². The fourth-order valence-electron chi connectivity index (χ4n) is 3.81. The number of nitrogen functional groups attached to an aromatic ring is 1. The molecule has 0 aliphatic carbocycles. The maximum Gasteiger partial charge on any atom is 0.279 e. The standard InChI is InChI=1S/C17H20ClN5O5/c18-23-8-22(14-11(23)15(27)21-16(19)20-14)17(6-9-4-2-1-3-5-9)13(26)12(25)10(7-24)28-17/h1-5,10,12-13,24-26H,6-8H2,(H3,19,20,21,27)/t10-,12-,13-,17-/m1/s1. The van der Waals surface area contributed by atoms with Gasteiger partial charge >= 0.3 is 0 Å². The van der Waals surface area contributed by atoms with Gasteiger partial charge in [0, 0.05) is 18.2 Å². The number of anilines is 3. The number of benzene rings is 1. The second-order valence-corrected chi connectivity index (χ2v) is 7.24. The van der Waals surface area contributed by atoms with Gasteiger partial charge in [-0.3, -0.25) is 14.2 Å². The number of aliphatic hydroxyl groups is 3. The first-order valence-corrected chi connectivity index (χ1v) is 9.00. The Kier molecular flexibility index (Phi) is 4.68. The molecule has 2 aliphatic heterocycles. The molecule has 4 rings (SSSR count). The van der Waals surface area contributed by atoms with E-state index in [1.54, 1.807) is 0 Å². The molecule has 11 heteroatoms. The van der Waals surface area contributed by atoms with E-state index in [9.17, 15) is 20.1 Å². The maximum absolute atomic E-state index is 12.3. The minimum atomic E-state index is -1.53. The van der Waals surface area contributed by atoms with Crippen molar-refractivity contribution in [1.29, 1.82) is 0 Å². The van der Waals surface area contributed by atoms with E-state index in [1.165, 1.54) is 4.90 Å². The molecule has 10 nitrogen and oxygen atoms in total. The highest BCUT2D eigenvalue weighted by Gasteiger charge is 2.59. The fourth-order valence-corrected chi connectivity index (χ4v) is 4.07. The number of halogens is 1. The number of hydrogen-bond donors (Lipinski definition) is 5. The highest BCUT2D eigenvalue weighted by Crippen LogP contribution is 2.45. The van der Waals surface area contributed by atoms with Crippen molar-refractivity contribution in [1.82, 2.24) is 9.97 Å². The Morgan fingerprint density at radius 2 is 2.07 bits per heavy atom. The predicted octanol–water partition coefficient (Wildman–Crippen LogP) is -0.858. The zero-order chi connectivity index (χ0) is 20.1. The highest BCUT2D eigenvalue weighted by atomic mass is 35.5. The van der Waals surface area contributed by atoms with Gasteiger partial charge in [0.15, 0.2) is 17.2 Å². The summed E-state index contributed by atoms with van der Waals surface area (Å²) in [5.74, 6) is -0.000609. The molecule has 0 spiro atoms. The van der Waals surface area contributed by atoms with Crippen molar-refractivity contribution in [3.8, 4) is 0 Å². The number of hydrogen-bond acceptors (Lipinski definition) is 9. The number of nitrogens with one attached hydrogen (secondary N) is 1. The lowest BCUT2D eigenvalue weighted by Crippen LogP contribution is -2.59. The van der Waals surface area contributed by atoms with E-state index in [2.05, 4.69) is 9.97 Å². The SMILES string of the molecule is Nc1nc2c(c(=O)[nH]1)N(Cl)CN2[C@]1(Cc2ccccc2)O[C@H](CO)[C@@H](O)[C@H]1O. The molecule has 150 valence electrons. The molecule has 0 unspecified atom stereocenters. The lowest BCUT2D eigenvalue weighted by Gasteiger charge is -2.41. The summed E-state index contributed by atoms with van der Waals surface area (Å²) < 4.78 is 7.13. The Bertz CT molecular complexity index is 928. The summed E-state index contributed by atoms with van der Waals surface area (Å²) in [5, 5.41) is 31.0. The average molecular weight is 410 g/mol. The fraction of sp³-hybridized carbons (Fsp3) is 0.412. The molecule has 1 saturated heterocycles. The van der Waals surface area contributed by atoms with E-state index in [0.717, 1.165) is 9.98 Å². The Labute approximate surface area is 164 Å². The molecule has 28 heavy (non-hydrogen) atoms. The normalized spacial score (nSPS) is 29.4. The summed E-state index contributed by atoms with van der Waals surface area (Å²) in [6.45, 7) is -0.545. The number of nitrogens with zero attached hydrogens (tertiary/aromatic N) is 3. The number of aromatic nitrogens is 2. The third-order valence-electron chi connectivity index (χ3n) is 5.12. The molecule has 1 aromatic heterocycles. The van der Waals surface area contributed by atoms with Crippen molar-refractivity contribution in [2.75, 3.05) is 28.3 Å². The smallest absolute Gasteiger partial charge is 0.279 e. The van der Waals surface area contributed by atoms with Crippen LogP contribution < -0.4 is 20.6 Å². The molecule has 4 atom stereocenters. The Hall–Kier alpha value is -2.37. The van der Waals surface area contributed by atoms with Gasteiger partial charge in [-0.05, 0) is 5.56 Å². The van der Waals surface area contributed by atoms with Crippen LogP contribution in [0.3, 0.4) is 0 Å². The number of ether oxygens (including phenoxy) is 1. The lowest BCUT2D eigenvalue weighted by molar-refractivity contribution is -0.0925. The quantitative estimate of drug-likeness (QED) is 0.407. The van der Waals surface area contributed by atoms with Gasteiger partial charge in [0.25, 0.3) is 5.56 Å². The van der Waals surface area contributed by atoms with Crippen LogP contribution in [0.25, 0.3) is 0 Å². The number of aliphatic hydroxyl groups excluding tert-OH is 3. The van der Waals surface area contributed by atoms with Crippen LogP contribution >= 0.6 is 11.8 Å². The maximum atomic E-state index is 12.3. The monoisotopic (exact) mass is 409 g/mol. The minimum Gasteiger partial charge on any atom is -0.394 e. The van der Waals surface area contributed by atoms with Crippen molar-refractivity contribution < 1.29 is 20.1 Å². The van der Waals surface area contributed by atoms with Crippen molar-refractivity contribution in [3.63, 3.8) is 0 Å². The van der Waals surface area contributed by atoms with Crippen LogP contribution in [0.15, 0.2) is 35.1 Å². The lowest BCUT2D eigenvalue weighted by atomic mass is 9.94. The molecule has 3 heterocycles. The number of aromatic amines is 1. The number of fused-ring (bicyclic) bond motifs is 1. The van der Waals surface area contributed by atoms with Crippen LogP contribution in [0, 0.1) is 0 Å². The molecule has 6 N–H and O–H groups in total. The summed E-state index contributed by atoms with van der Waals surface area (Å²) in [7, 11) is 0. The van der Waals surface area contributed by atoms with Crippen LogP contribution in [0.1, 0.15) is 5.56 Å². The number of rotatable bonds is 4. The van der Waals surface area contributed by atoms with Crippen molar-refractivity contribution in [2.45, 2.75) is 30.5 Å². The molecular weight excluding hydrogens is 390 g/mol. The van der Waals surface area contributed by atoms with Crippen LogP contribution in [0.2, 0.25) is 0 Å². The van der Waals surface area contributed by atoms with E-state index >= 15 is 0 Å². The van der Waals surface area contributed by atoms with Crippen molar-refractivity contribution in [3.05, 3.63) is 46.2 Å². The third kappa shape index (κ3) is 2.81. The number of H-pyrrole nitrogens is 1. The molecule has 2 aliphatic rings. The molecule has 0 bridgehead atoms. The second kappa shape index (κ2) is 6.90. The Balaban J connectivity index is 1.86. The summed E-state index contributed by atoms with van der Waals surface area (Å²) in [5.41, 5.74) is 4.50. The summed E-state index contributed by atoms with van der Waals surface area (Å²) in [4.78, 5) is 20.4.